The van der Waals surface area contributed by atoms with E-state index in [1.165, 1.54) is 27.8 Å². The number of amides is 1. The van der Waals surface area contributed by atoms with Crippen molar-refractivity contribution in [3.05, 3.63) is 33.9 Å². The monoisotopic (exact) mass is 260 g/mol. The lowest BCUT2D eigenvalue weighted by Gasteiger charge is -2.17. The Kier molecular flexibility index (Phi) is 4.25. The van der Waals surface area contributed by atoms with Crippen LogP contribution in [0.3, 0.4) is 0 Å². The fraction of sp³-hybridized carbons (Fsp3) is 0.562. The zero-order chi connectivity index (χ0) is 14.0. The summed E-state index contributed by atoms with van der Waals surface area (Å²) in [4.78, 5) is 12.0. The summed E-state index contributed by atoms with van der Waals surface area (Å²) in [7, 11) is 0. The summed E-state index contributed by atoms with van der Waals surface area (Å²) in [6, 6.07) is 2.22. The number of carbonyl (C=O) groups excluding carboxylic acids is 1. The summed E-state index contributed by atoms with van der Waals surface area (Å²) in [5.41, 5.74) is 6.45. The summed E-state index contributed by atoms with van der Waals surface area (Å²) in [6.45, 7) is 10.1. The van der Waals surface area contributed by atoms with Crippen LogP contribution < -0.4 is 10.6 Å². The molecule has 1 aromatic carbocycles. The van der Waals surface area contributed by atoms with E-state index >= 15 is 0 Å². The van der Waals surface area contributed by atoms with E-state index < -0.39 is 0 Å². The van der Waals surface area contributed by atoms with Gasteiger partial charge in [0.2, 0.25) is 5.91 Å². The number of nitrogens with one attached hydrogen (secondary N) is 2. The standard InChI is InChI=1S/C16H24N2O/c1-10-8-11(2)13(4)14(12(10)3)9-18-16(19)15-6-5-7-17-15/h8,15,17H,5-7,9H2,1-4H3,(H,18,19). The summed E-state index contributed by atoms with van der Waals surface area (Å²) in [6.07, 6.45) is 2.05. The molecule has 1 fully saturated rings. The predicted molar refractivity (Wildman–Crippen MR) is 78.3 cm³/mol. The lowest BCUT2D eigenvalue weighted by atomic mass is 9.94. The van der Waals surface area contributed by atoms with Gasteiger partial charge in [0.15, 0.2) is 0 Å². The van der Waals surface area contributed by atoms with Crippen molar-refractivity contribution in [1.82, 2.24) is 10.6 Å². The zero-order valence-electron chi connectivity index (χ0n) is 12.4. The molecule has 2 rings (SSSR count). The van der Waals surface area contributed by atoms with Crippen molar-refractivity contribution in [3.8, 4) is 0 Å². The molecule has 1 amide bonds. The highest BCUT2D eigenvalue weighted by Gasteiger charge is 2.21. The van der Waals surface area contributed by atoms with Crippen molar-refractivity contribution in [2.24, 2.45) is 0 Å². The van der Waals surface area contributed by atoms with Gasteiger partial charge in [0, 0.05) is 6.54 Å². The molecule has 1 atom stereocenters. The van der Waals surface area contributed by atoms with Crippen molar-refractivity contribution >= 4 is 5.91 Å². The van der Waals surface area contributed by atoms with Gasteiger partial charge in [0.25, 0.3) is 0 Å². The molecular weight excluding hydrogens is 236 g/mol. The first-order valence-electron chi connectivity index (χ1n) is 7.08. The van der Waals surface area contributed by atoms with E-state index in [0.717, 1.165) is 19.4 Å². The SMILES string of the molecule is Cc1cc(C)c(C)c(CNC(=O)C2CCCN2)c1C. The van der Waals surface area contributed by atoms with Gasteiger partial charge in [-0.3, -0.25) is 4.79 Å². The van der Waals surface area contributed by atoms with E-state index in [2.05, 4.69) is 44.4 Å². The molecule has 0 saturated carbocycles. The average molecular weight is 260 g/mol. The second-order valence-electron chi connectivity index (χ2n) is 5.61. The van der Waals surface area contributed by atoms with Crippen molar-refractivity contribution in [2.45, 2.75) is 53.1 Å². The highest BCUT2D eigenvalue weighted by atomic mass is 16.2. The average Bonchev–Trinajstić information content (AvgIpc) is 2.90. The number of aryl methyl sites for hydroxylation is 2. The van der Waals surface area contributed by atoms with Crippen molar-refractivity contribution < 1.29 is 4.79 Å². The molecule has 1 unspecified atom stereocenters. The topological polar surface area (TPSA) is 41.1 Å². The minimum Gasteiger partial charge on any atom is -0.351 e. The van der Waals surface area contributed by atoms with Crippen LogP contribution in [0.25, 0.3) is 0 Å². The van der Waals surface area contributed by atoms with Crippen LogP contribution in [0.1, 0.15) is 40.7 Å². The molecule has 0 spiro atoms. The molecule has 3 nitrogen and oxygen atoms in total. The Morgan fingerprint density at radius 3 is 2.42 bits per heavy atom. The van der Waals surface area contributed by atoms with E-state index in [4.69, 9.17) is 0 Å². The number of benzene rings is 1. The molecule has 1 aliphatic rings. The first-order valence-corrected chi connectivity index (χ1v) is 7.08. The Morgan fingerprint density at radius 1 is 1.26 bits per heavy atom. The fourth-order valence-corrected chi connectivity index (χ4v) is 2.77. The van der Waals surface area contributed by atoms with Gasteiger partial charge in [-0.25, -0.2) is 0 Å². The Morgan fingerprint density at radius 2 is 1.89 bits per heavy atom. The first kappa shape index (κ1) is 14.1. The largest absolute Gasteiger partial charge is 0.351 e. The summed E-state index contributed by atoms with van der Waals surface area (Å²) in [5.74, 6) is 0.135. The molecule has 0 radical (unpaired) electrons. The normalized spacial score (nSPS) is 18.6. The quantitative estimate of drug-likeness (QED) is 0.875. The van der Waals surface area contributed by atoms with Gasteiger partial charge in [-0.2, -0.15) is 0 Å². The van der Waals surface area contributed by atoms with Crippen molar-refractivity contribution in [2.75, 3.05) is 6.54 Å². The Balaban J connectivity index is 2.09. The third-order valence-electron chi connectivity index (χ3n) is 4.34. The van der Waals surface area contributed by atoms with Crippen LogP contribution in [-0.2, 0) is 11.3 Å². The molecule has 0 aromatic heterocycles. The lowest BCUT2D eigenvalue weighted by molar-refractivity contribution is -0.122. The van der Waals surface area contributed by atoms with Gasteiger partial charge in [-0.15, -0.1) is 0 Å². The Hall–Kier alpha value is -1.35. The van der Waals surface area contributed by atoms with Gasteiger partial charge in [0.1, 0.15) is 0 Å². The molecule has 2 N–H and O–H groups in total. The summed E-state index contributed by atoms with van der Waals surface area (Å²) in [5, 5.41) is 6.31. The molecule has 1 aromatic rings. The van der Waals surface area contributed by atoms with Crippen LogP contribution in [0, 0.1) is 27.7 Å². The predicted octanol–water partition coefficient (Wildman–Crippen LogP) is 2.29. The van der Waals surface area contributed by atoms with E-state index in [0.29, 0.717) is 6.54 Å². The molecule has 0 bridgehead atoms. The molecule has 104 valence electrons. The number of carbonyl (C=O) groups is 1. The van der Waals surface area contributed by atoms with Crippen LogP contribution >= 0.6 is 0 Å². The van der Waals surface area contributed by atoms with E-state index in [9.17, 15) is 4.79 Å². The minimum atomic E-state index is 0.00604. The van der Waals surface area contributed by atoms with Gasteiger partial charge < -0.3 is 10.6 Å². The third-order valence-corrected chi connectivity index (χ3v) is 4.34. The fourth-order valence-electron chi connectivity index (χ4n) is 2.77. The van der Waals surface area contributed by atoms with Crippen LogP contribution in [0.5, 0.6) is 0 Å². The molecular formula is C16H24N2O. The maximum atomic E-state index is 12.0. The van der Waals surface area contributed by atoms with Gasteiger partial charge in [0.05, 0.1) is 6.04 Å². The summed E-state index contributed by atoms with van der Waals surface area (Å²) >= 11 is 0. The van der Waals surface area contributed by atoms with Crippen molar-refractivity contribution in [1.29, 1.82) is 0 Å². The highest BCUT2D eigenvalue weighted by molar-refractivity contribution is 5.82. The van der Waals surface area contributed by atoms with Gasteiger partial charge >= 0.3 is 0 Å². The van der Waals surface area contributed by atoms with Crippen LogP contribution in [0.4, 0.5) is 0 Å². The second-order valence-corrected chi connectivity index (χ2v) is 5.61. The molecule has 19 heavy (non-hydrogen) atoms. The van der Waals surface area contributed by atoms with E-state index in [1.54, 1.807) is 0 Å². The molecule has 1 aliphatic heterocycles. The van der Waals surface area contributed by atoms with Gasteiger partial charge in [-0.1, -0.05) is 6.07 Å². The van der Waals surface area contributed by atoms with Crippen LogP contribution in [0.2, 0.25) is 0 Å². The smallest absolute Gasteiger partial charge is 0.237 e. The number of hydrogen-bond donors (Lipinski definition) is 2. The van der Waals surface area contributed by atoms with Gasteiger partial charge in [-0.05, 0) is 74.9 Å². The van der Waals surface area contributed by atoms with E-state index in [1.807, 2.05) is 0 Å². The maximum absolute atomic E-state index is 12.0. The summed E-state index contributed by atoms with van der Waals surface area (Å²) < 4.78 is 0. The number of hydrogen-bond acceptors (Lipinski definition) is 2. The molecule has 1 saturated heterocycles. The Labute approximate surface area is 115 Å². The third kappa shape index (κ3) is 2.98. The lowest BCUT2D eigenvalue weighted by Crippen LogP contribution is -2.40. The van der Waals surface area contributed by atoms with E-state index in [-0.39, 0.29) is 11.9 Å². The zero-order valence-corrected chi connectivity index (χ0v) is 12.4. The minimum absolute atomic E-state index is 0.00604. The van der Waals surface area contributed by atoms with Crippen LogP contribution in [-0.4, -0.2) is 18.5 Å². The maximum Gasteiger partial charge on any atom is 0.237 e. The first-order chi connectivity index (χ1) is 9.00. The molecule has 3 heteroatoms. The number of rotatable bonds is 3. The van der Waals surface area contributed by atoms with Crippen LogP contribution in [0.15, 0.2) is 6.07 Å². The Bertz CT molecular complexity index is 462. The highest BCUT2D eigenvalue weighted by Crippen LogP contribution is 2.21. The second kappa shape index (κ2) is 5.74. The van der Waals surface area contributed by atoms with Crippen molar-refractivity contribution in [3.63, 3.8) is 0 Å². The molecule has 1 heterocycles. The molecule has 0 aliphatic carbocycles.